The molecular formula is C46H51F2N7O9. The Morgan fingerprint density at radius 1 is 0.734 bits per heavy atom. The highest BCUT2D eigenvalue weighted by molar-refractivity contribution is 6.23. The molecule has 4 heterocycles. The lowest BCUT2D eigenvalue weighted by Gasteiger charge is -2.27. The van der Waals surface area contributed by atoms with Gasteiger partial charge in [-0.25, -0.2) is 8.78 Å². The number of rotatable bonds is 22. The highest BCUT2D eigenvalue weighted by Gasteiger charge is 2.44. The normalized spacial score (nSPS) is 17.3. The highest BCUT2D eigenvalue weighted by atomic mass is 19.1. The molecule has 16 nitrogen and oxygen atoms in total. The summed E-state index contributed by atoms with van der Waals surface area (Å²) < 4.78 is 38.5. The fraction of sp³-hybridized carbons (Fsp3) is 0.413. The third-order valence-corrected chi connectivity index (χ3v) is 11.4. The minimum absolute atomic E-state index is 0.0706. The fourth-order valence-electron chi connectivity index (χ4n) is 8.00. The number of amides is 7. The summed E-state index contributed by atoms with van der Waals surface area (Å²) in [5, 5.41) is 11.7. The number of hydrogen-bond acceptors (Lipinski definition) is 10. The van der Waals surface area contributed by atoms with Crippen LogP contribution in [0.25, 0.3) is 10.9 Å². The van der Waals surface area contributed by atoms with E-state index in [0.717, 1.165) is 72.5 Å². The summed E-state index contributed by atoms with van der Waals surface area (Å²) in [4.78, 5) is 94.1. The first-order valence-electron chi connectivity index (χ1n) is 21.7. The number of carbonyl (C=O) groups is 7. The van der Waals surface area contributed by atoms with Crippen molar-refractivity contribution < 1.29 is 51.8 Å². The van der Waals surface area contributed by atoms with Crippen LogP contribution in [0, 0.1) is 17.6 Å². The SMILES string of the molecule is O=C1CCC(N2C(=O)c3ccc(NCCCCOCCCCOCCCCNC(=O)c4cc5cc(N6CC[C@H](C(=O)NCc7cc(F)cc(F)c7)C6=O)ccc5[nH]4)cc3C2=O)C(=O)N1. The lowest BCUT2D eigenvalue weighted by molar-refractivity contribution is -0.136. The number of halogens is 2. The van der Waals surface area contributed by atoms with Crippen LogP contribution in [0.3, 0.4) is 0 Å². The monoisotopic (exact) mass is 883 g/mol. The maximum atomic E-state index is 13.5. The number of piperidine rings is 1. The fourth-order valence-corrected chi connectivity index (χ4v) is 8.00. The number of nitrogens with zero attached hydrogens (tertiary/aromatic N) is 2. The third kappa shape index (κ3) is 11.2. The van der Waals surface area contributed by atoms with Crippen LogP contribution in [-0.2, 0) is 35.2 Å². The van der Waals surface area contributed by atoms with Crippen molar-refractivity contribution in [2.45, 2.75) is 70.4 Å². The maximum absolute atomic E-state index is 13.5. The van der Waals surface area contributed by atoms with E-state index in [2.05, 4.69) is 26.3 Å². The molecule has 0 bridgehead atoms. The quantitative estimate of drug-likeness (QED) is 0.0417. The molecule has 3 aliphatic heterocycles. The zero-order valence-corrected chi connectivity index (χ0v) is 35.3. The smallest absolute Gasteiger partial charge is 0.267 e. The summed E-state index contributed by atoms with van der Waals surface area (Å²) in [5.74, 6) is -5.67. The second-order valence-electron chi connectivity index (χ2n) is 16.0. The molecule has 0 saturated carbocycles. The number of carbonyl (C=O) groups excluding carboxylic acids is 7. The Labute approximate surface area is 367 Å². The second kappa shape index (κ2) is 21.2. The number of benzene rings is 3. The molecule has 64 heavy (non-hydrogen) atoms. The van der Waals surface area contributed by atoms with Gasteiger partial charge in [-0.15, -0.1) is 0 Å². The van der Waals surface area contributed by atoms with E-state index in [4.69, 9.17) is 9.47 Å². The van der Waals surface area contributed by atoms with Gasteiger partial charge in [-0.2, -0.15) is 0 Å². The lowest BCUT2D eigenvalue weighted by atomic mass is 10.0. The molecular weight excluding hydrogens is 833 g/mol. The number of H-pyrrole nitrogens is 1. The summed E-state index contributed by atoms with van der Waals surface area (Å²) in [6.45, 7) is 3.78. The van der Waals surface area contributed by atoms with Crippen molar-refractivity contribution in [3.63, 3.8) is 0 Å². The van der Waals surface area contributed by atoms with Crippen LogP contribution < -0.4 is 26.2 Å². The molecule has 0 aliphatic carbocycles. The lowest BCUT2D eigenvalue weighted by Crippen LogP contribution is -2.54. The second-order valence-corrected chi connectivity index (χ2v) is 16.0. The molecule has 7 rings (SSSR count). The zero-order chi connectivity index (χ0) is 45.2. The molecule has 7 amide bonds. The maximum Gasteiger partial charge on any atom is 0.267 e. The average molecular weight is 884 g/mol. The number of unbranched alkanes of at least 4 members (excludes halogenated alkanes) is 3. The largest absolute Gasteiger partial charge is 0.385 e. The molecule has 2 atom stereocenters. The van der Waals surface area contributed by atoms with Gasteiger partial charge < -0.3 is 35.3 Å². The zero-order valence-electron chi connectivity index (χ0n) is 35.3. The number of nitrogens with one attached hydrogen (secondary N) is 5. The Morgan fingerprint density at radius 2 is 1.42 bits per heavy atom. The van der Waals surface area contributed by atoms with Crippen molar-refractivity contribution >= 4 is 63.6 Å². The minimum atomic E-state index is -0.994. The van der Waals surface area contributed by atoms with Gasteiger partial charge in [0.25, 0.3) is 17.7 Å². The molecule has 1 aromatic heterocycles. The van der Waals surface area contributed by atoms with Crippen molar-refractivity contribution in [1.29, 1.82) is 0 Å². The van der Waals surface area contributed by atoms with Crippen LogP contribution >= 0.6 is 0 Å². The predicted octanol–water partition coefficient (Wildman–Crippen LogP) is 4.73. The van der Waals surface area contributed by atoms with Crippen LogP contribution in [0.4, 0.5) is 20.2 Å². The molecule has 1 unspecified atom stereocenters. The van der Waals surface area contributed by atoms with E-state index in [-0.39, 0.29) is 47.9 Å². The van der Waals surface area contributed by atoms with Gasteiger partial charge in [0, 0.05) is 87.4 Å². The molecule has 0 spiro atoms. The molecule has 5 N–H and O–H groups in total. The van der Waals surface area contributed by atoms with Crippen molar-refractivity contribution in [2.75, 3.05) is 56.3 Å². The van der Waals surface area contributed by atoms with Crippen molar-refractivity contribution in [1.82, 2.24) is 25.8 Å². The summed E-state index contributed by atoms with van der Waals surface area (Å²) in [5.41, 5.74) is 3.14. The molecule has 3 aromatic carbocycles. The van der Waals surface area contributed by atoms with Crippen LogP contribution in [0.1, 0.15) is 94.6 Å². The number of aromatic nitrogens is 1. The predicted molar refractivity (Wildman–Crippen MR) is 230 cm³/mol. The first-order chi connectivity index (χ1) is 31.0. The molecule has 3 aliphatic rings. The minimum Gasteiger partial charge on any atom is -0.385 e. The number of aromatic amines is 1. The number of imide groups is 2. The van der Waals surface area contributed by atoms with Crippen LogP contribution in [-0.4, -0.2) is 103 Å². The van der Waals surface area contributed by atoms with Gasteiger partial charge in [0.15, 0.2) is 0 Å². The first kappa shape index (κ1) is 45.5. The number of fused-ring (bicyclic) bond motifs is 2. The molecule has 0 radical (unpaired) electrons. The Morgan fingerprint density at radius 3 is 2.14 bits per heavy atom. The average Bonchev–Trinajstić information content (AvgIpc) is 3.95. The molecule has 18 heteroatoms. The Hall–Kier alpha value is -6.53. The van der Waals surface area contributed by atoms with Gasteiger partial charge in [-0.1, -0.05) is 0 Å². The Balaban J connectivity index is 0.698. The van der Waals surface area contributed by atoms with E-state index in [0.29, 0.717) is 69.6 Å². The molecule has 338 valence electrons. The first-order valence-corrected chi connectivity index (χ1v) is 21.7. The third-order valence-electron chi connectivity index (χ3n) is 11.4. The number of ether oxygens (including phenoxy) is 2. The topological polar surface area (TPSA) is 208 Å². The van der Waals surface area contributed by atoms with E-state index in [1.165, 1.54) is 4.90 Å². The molecule has 2 saturated heterocycles. The number of anilines is 2. The van der Waals surface area contributed by atoms with Gasteiger partial charge in [-0.3, -0.25) is 43.8 Å². The standard InChI is InChI=1S/C46H51F2N7O9/c47-30-21-28(22-31(48)25-30)27-51-41(57)35-13-16-54(44(35)60)33-8-10-37-29(23-33)24-38(52-37)42(58)50-15-2-4-18-64-20-6-5-19-63-17-3-1-14-49-32-7-9-34-36(26-32)46(62)55(45(34)61)39-11-12-40(56)53-43(39)59/h7-10,21-26,35,39,49,52H,1-6,11-20,27H2,(H,50,58)(H,51,57)(H,53,56,59)/t35-,39?/m1/s1. The van der Waals surface area contributed by atoms with Gasteiger partial charge in [0.05, 0.1) is 11.1 Å². The van der Waals surface area contributed by atoms with Crippen LogP contribution in [0.2, 0.25) is 0 Å². The molecule has 4 aromatic rings. The van der Waals surface area contributed by atoms with E-state index in [1.54, 1.807) is 42.5 Å². The van der Waals surface area contributed by atoms with Crippen LogP contribution in [0.15, 0.2) is 60.7 Å². The van der Waals surface area contributed by atoms with Crippen molar-refractivity contribution in [3.05, 3.63) is 94.7 Å². The van der Waals surface area contributed by atoms with Crippen molar-refractivity contribution in [3.8, 4) is 0 Å². The van der Waals surface area contributed by atoms with Gasteiger partial charge in [0.2, 0.25) is 23.6 Å². The van der Waals surface area contributed by atoms with Crippen LogP contribution in [0.5, 0.6) is 0 Å². The van der Waals surface area contributed by atoms with E-state index >= 15 is 0 Å². The van der Waals surface area contributed by atoms with E-state index in [9.17, 15) is 42.3 Å². The van der Waals surface area contributed by atoms with E-state index in [1.807, 2.05) is 0 Å². The summed E-state index contributed by atoms with van der Waals surface area (Å²) >= 11 is 0. The van der Waals surface area contributed by atoms with E-state index < -0.39 is 53.1 Å². The summed E-state index contributed by atoms with van der Waals surface area (Å²) in [7, 11) is 0. The van der Waals surface area contributed by atoms with Gasteiger partial charge >= 0.3 is 0 Å². The highest BCUT2D eigenvalue weighted by Crippen LogP contribution is 2.31. The number of hydrogen-bond donors (Lipinski definition) is 5. The molecule has 2 fully saturated rings. The van der Waals surface area contributed by atoms with Crippen molar-refractivity contribution in [2.24, 2.45) is 5.92 Å². The summed E-state index contributed by atoms with van der Waals surface area (Å²) in [6.07, 6.45) is 5.41. The Kier molecular flexibility index (Phi) is 15.1. The Bertz CT molecular complexity index is 2400. The summed E-state index contributed by atoms with van der Waals surface area (Å²) in [6, 6.07) is 14.0. The van der Waals surface area contributed by atoms with Gasteiger partial charge in [-0.05, 0) is 112 Å². The van der Waals surface area contributed by atoms with Gasteiger partial charge in [0.1, 0.15) is 29.3 Å².